The summed E-state index contributed by atoms with van der Waals surface area (Å²) in [7, 11) is 1.20. The Balaban J connectivity index is 1.58. The molecule has 5 rings (SSSR count). The summed E-state index contributed by atoms with van der Waals surface area (Å²) in [5.41, 5.74) is -2.11. The highest BCUT2D eigenvalue weighted by molar-refractivity contribution is 6.30. The van der Waals surface area contributed by atoms with Crippen LogP contribution >= 0.6 is 11.6 Å². The standard InChI is InChI=1S/C27H22ClF5N4O4/c1-40-16-8-18(29)21(19(30)9-16)17-10-37(26(39)23(17)36-25(38)13-2-4-14(28)5-3-13)24-22(27(31,32)33)20(6-7-34-24)35-15-11-41-12-15/h2-9,15,17,23H,10-12H2,1H3,(H,34,35)(H,36,38)/t17-,23-/m0/s1. The molecule has 0 radical (unpaired) electrons. The molecule has 0 bridgehead atoms. The van der Waals surface area contributed by atoms with Gasteiger partial charge in [0.2, 0.25) is 0 Å². The molecule has 3 aromatic rings. The first-order valence-corrected chi connectivity index (χ1v) is 12.7. The number of hydrogen-bond acceptors (Lipinski definition) is 6. The van der Waals surface area contributed by atoms with Gasteiger partial charge in [-0.25, -0.2) is 13.8 Å². The minimum atomic E-state index is -4.96. The monoisotopic (exact) mass is 596 g/mol. The lowest BCUT2D eigenvalue weighted by Gasteiger charge is -2.30. The fourth-order valence-corrected chi connectivity index (χ4v) is 4.92. The number of amides is 2. The number of hydrogen-bond donors (Lipinski definition) is 2. The number of methoxy groups -OCH3 is 1. The van der Waals surface area contributed by atoms with Gasteiger partial charge < -0.3 is 20.1 Å². The van der Waals surface area contributed by atoms with Crippen LogP contribution in [0.4, 0.5) is 33.5 Å². The average Bonchev–Trinajstić information content (AvgIpc) is 3.20. The van der Waals surface area contributed by atoms with Crippen molar-refractivity contribution in [3.05, 3.63) is 82.0 Å². The second-order valence-corrected chi connectivity index (χ2v) is 9.89. The molecule has 0 unspecified atom stereocenters. The zero-order valence-corrected chi connectivity index (χ0v) is 22.0. The van der Waals surface area contributed by atoms with E-state index in [4.69, 9.17) is 21.1 Å². The summed E-state index contributed by atoms with van der Waals surface area (Å²) in [6.45, 7) is -0.236. The quantitative estimate of drug-likeness (QED) is 0.382. The molecule has 0 saturated carbocycles. The molecular formula is C27H22ClF5N4O4. The highest BCUT2D eigenvalue weighted by Gasteiger charge is 2.49. The lowest BCUT2D eigenvalue weighted by molar-refractivity contribution is -0.136. The van der Waals surface area contributed by atoms with Crippen LogP contribution in [0.2, 0.25) is 5.02 Å². The number of pyridine rings is 1. The minimum Gasteiger partial charge on any atom is -0.497 e. The third-order valence-corrected chi connectivity index (χ3v) is 7.09. The van der Waals surface area contributed by atoms with E-state index in [1.807, 2.05) is 0 Å². The number of benzene rings is 2. The lowest BCUT2D eigenvalue weighted by Crippen LogP contribution is -2.44. The van der Waals surface area contributed by atoms with E-state index in [2.05, 4.69) is 15.6 Å². The van der Waals surface area contributed by atoms with Crippen LogP contribution in [0.5, 0.6) is 5.75 Å². The van der Waals surface area contributed by atoms with Gasteiger partial charge in [0.1, 0.15) is 34.8 Å². The van der Waals surface area contributed by atoms with Gasteiger partial charge in [-0.1, -0.05) is 11.6 Å². The molecule has 2 aromatic carbocycles. The summed E-state index contributed by atoms with van der Waals surface area (Å²) in [5, 5.41) is 5.51. The maximum Gasteiger partial charge on any atom is 0.421 e. The van der Waals surface area contributed by atoms with Crippen LogP contribution in [0, 0.1) is 11.6 Å². The van der Waals surface area contributed by atoms with Gasteiger partial charge in [-0.2, -0.15) is 13.2 Å². The summed E-state index contributed by atoms with van der Waals surface area (Å²) >= 11 is 5.87. The molecule has 41 heavy (non-hydrogen) atoms. The molecule has 8 nitrogen and oxygen atoms in total. The van der Waals surface area contributed by atoms with Gasteiger partial charge >= 0.3 is 6.18 Å². The van der Waals surface area contributed by atoms with Crippen molar-refractivity contribution >= 4 is 34.9 Å². The maximum absolute atomic E-state index is 15.2. The van der Waals surface area contributed by atoms with E-state index in [0.717, 1.165) is 24.4 Å². The molecule has 2 fully saturated rings. The second-order valence-electron chi connectivity index (χ2n) is 9.45. The Labute approximate surface area is 235 Å². The Hall–Kier alpha value is -3.97. The van der Waals surface area contributed by atoms with E-state index < -0.39 is 65.1 Å². The van der Waals surface area contributed by atoms with Crippen molar-refractivity contribution in [2.75, 3.05) is 37.1 Å². The lowest BCUT2D eigenvalue weighted by atomic mass is 9.92. The Morgan fingerprint density at radius 3 is 2.34 bits per heavy atom. The number of carbonyl (C=O) groups is 2. The Morgan fingerprint density at radius 1 is 1.12 bits per heavy atom. The molecule has 2 aliphatic heterocycles. The Kier molecular flexibility index (Phi) is 7.75. The van der Waals surface area contributed by atoms with E-state index >= 15 is 8.78 Å². The Bertz CT molecular complexity index is 1460. The van der Waals surface area contributed by atoms with Crippen molar-refractivity contribution in [1.29, 1.82) is 0 Å². The van der Waals surface area contributed by atoms with E-state index in [1.165, 1.54) is 31.4 Å². The molecule has 14 heteroatoms. The second kappa shape index (κ2) is 11.1. The summed E-state index contributed by atoms with van der Waals surface area (Å²) in [4.78, 5) is 31.3. The summed E-state index contributed by atoms with van der Waals surface area (Å²) < 4.78 is 83.5. The van der Waals surface area contributed by atoms with Crippen LogP contribution < -0.4 is 20.3 Å². The zero-order valence-electron chi connectivity index (χ0n) is 21.3. The SMILES string of the molecule is COc1cc(F)c([C@@H]2CN(c3nccc(NC4COC4)c3C(F)(F)F)C(=O)[C@H]2NC(=O)c2ccc(Cl)cc2)c(F)c1. The van der Waals surface area contributed by atoms with Gasteiger partial charge in [-0.3, -0.25) is 14.5 Å². The largest absolute Gasteiger partial charge is 0.497 e. The first-order valence-electron chi connectivity index (χ1n) is 12.3. The van der Waals surface area contributed by atoms with Gasteiger partial charge in [0, 0.05) is 46.9 Å². The first kappa shape index (κ1) is 28.6. The minimum absolute atomic E-state index is 0.0677. The molecule has 2 saturated heterocycles. The maximum atomic E-state index is 15.2. The van der Waals surface area contributed by atoms with Gasteiger partial charge in [-0.05, 0) is 30.3 Å². The molecule has 216 valence electrons. The molecule has 2 amide bonds. The van der Waals surface area contributed by atoms with E-state index in [-0.39, 0.29) is 36.3 Å². The van der Waals surface area contributed by atoms with Gasteiger partial charge in [0.05, 0.1) is 32.1 Å². The molecule has 2 atom stereocenters. The van der Waals surface area contributed by atoms with E-state index in [9.17, 15) is 22.8 Å². The van der Waals surface area contributed by atoms with Crippen LogP contribution in [0.25, 0.3) is 0 Å². The molecule has 2 aliphatic rings. The number of anilines is 2. The van der Waals surface area contributed by atoms with Crippen LogP contribution in [-0.2, 0) is 15.7 Å². The summed E-state index contributed by atoms with van der Waals surface area (Å²) in [6.07, 6.45) is -3.88. The molecule has 2 N–H and O–H groups in total. The number of halogens is 6. The van der Waals surface area contributed by atoms with Crippen molar-refractivity contribution in [3.8, 4) is 5.75 Å². The van der Waals surface area contributed by atoms with Crippen molar-refractivity contribution in [1.82, 2.24) is 10.3 Å². The average molecular weight is 597 g/mol. The van der Waals surface area contributed by atoms with E-state index in [0.29, 0.717) is 9.92 Å². The number of rotatable bonds is 7. The topological polar surface area (TPSA) is 92.8 Å². The summed E-state index contributed by atoms with van der Waals surface area (Å²) in [6, 6.07) is 6.42. The van der Waals surface area contributed by atoms with Crippen molar-refractivity contribution in [2.45, 2.75) is 24.2 Å². The molecule has 0 spiro atoms. The van der Waals surface area contributed by atoms with Crippen LogP contribution in [0.15, 0.2) is 48.7 Å². The normalized spacial score (nSPS) is 19.2. The summed E-state index contributed by atoms with van der Waals surface area (Å²) in [5.74, 6) is -6.38. The van der Waals surface area contributed by atoms with Gasteiger partial charge in [-0.15, -0.1) is 0 Å². The van der Waals surface area contributed by atoms with E-state index in [1.54, 1.807) is 0 Å². The number of alkyl halides is 3. The molecule has 0 aliphatic carbocycles. The molecule has 1 aromatic heterocycles. The number of ether oxygens (including phenoxy) is 2. The highest BCUT2D eigenvalue weighted by Crippen LogP contribution is 2.44. The third kappa shape index (κ3) is 5.64. The highest BCUT2D eigenvalue weighted by atomic mass is 35.5. The number of nitrogens with zero attached hydrogens (tertiary/aromatic N) is 2. The number of carbonyl (C=O) groups excluding carboxylic acids is 2. The first-order chi connectivity index (χ1) is 19.5. The fraction of sp³-hybridized carbons (Fsp3) is 0.296. The van der Waals surface area contributed by atoms with Crippen LogP contribution in [-0.4, -0.2) is 55.8 Å². The van der Waals surface area contributed by atoms with Crippen molar-refractivity contribution < 1.29 is 41.0 Å². The van der Waals surface area contributed by atoms with Crippen LogP contribution in [0.1, 0.15) is 27.4 Å². The predicted octanol–water partition coefficient (Wildman–Crippen LogP) is 4.78. The van der Waals surface area contributed by atoms with Gasteiger partial charge in [0.15, 0.2) is 0 Å². The van der Waals surface area contributed by atoms with Crippen molar-refractivity contribution in [3.63, 3.8) is 0 Å². The van der Waals surface area contributed by atoms with Gasteiger partial charge in [0.25, 0.3) is 11.8 Å². The van der Waals surface area contributed by atoms with Crippen LogP contribution in [0.3, 0.4) is 0 Å². The Morgan fingerprint density at radius 2 is 1.78 bits per heavy atom. The number of aromatic nitrogens is 1. The van der Waals surface area contributed by atoms with Crippen molar-refractivity contribution in [2.24, 2.45) is 0 Å². The molecule has 3 heterocycles. The smallest absolute Gasteiger partial charge is 0.421 e. The third-order valence-electron chi connectivity index (χ3n) is 6.83. The predicted molar refractivity (Wildman–Crippen MR) is 138 cm³/mol. The molecular weight excluding hydrogens is 575 g/mol. The fourth-order valence-electron chi connectivity index (χ4n) is 4.80. The zero-order chi connectivity index (χ0) is 29.5. The number of nitrogens with one attached hydrogen (secondary N) is 2.